The summed E-state index contributed by atoms with van der Waals surface area (Å²) in [5.41, 5.74) is 2.39. The highest BCUT2D eigenvalue weighted by molar-refractivity contribution is 7.18. The lowest BCUT2D eigenvalue weighted by Gasteiger charge is -2.07. The van der Waals surface area contributed by atoms with E-state index in [0.717, 1.165) is 46.8 Å². The van der Waals surface area contributed by atoms with Gasteiger partial charge in [-0.25, -0.2) is 9.97 Å². The van der Waals surface area contributed by atoms with Gasteiger partial charge in [-0.15, -0.1) is 11.3 Å². The van der Waals surface area contributed by atoms with Gasteiger partial charge in [-0.3, -0.25) is 0 Å². The third-order valence-corrected chi connectivity index (χ3v) is 5.47. The highest BCUT2D eigenvalue weighted by Crippen LogP contribution is 2.33. The zero-order valence-corrected chi connectivity index (χ0v) is 14.2. The lowest BCUT2D eigenvalue weighted by molar-refractivity contribution is 0.970. The molecule has 0 aliphatic rings. The van der Waals surface area contributed by atoms with Crippen LogP contribution in [-0.4, -0.2) is 16.5 Å². The van der Waals surface area contributed by atoms with Gasteiger partial charge in [0.25, 0.3) is 0 Å². The maximum atomic E-state index is 4.79. The number of hydrogen-bond donors (Lipinski definition) is 1. The molecule has 0 saturated carbocycles. The van der Waals surface area contributed by atoms with E-state index in [1.165, 1.54) is 10.4 Å². The summed E-state index contributed by atoms with van der Waals surface area (Å²) in [4.78, 5) is 12.0. The van der Waals surface area contributed by atoms with Gasteiger partial charge >= 0.3 is 0 Å². The summed E-state index contributed by atoms with van der Waals surface area (Å²) in [6.07, 6.45) is 2.13. The van der Waals surface area contributed by atoms with Gasteiger partial charge in [0.15, 0.2) is 5.82 Å². The van der Waals surface area contributed by atoms with E-state index in [-0.39, 0.29) is 0 Å². The maximum Gasteiger partial charge on any atom is 0.164 e. The molecule has 0 atom stereocenters. The Morgan fingerprint density at radius 3 is 2.71 bits per heavy atom. The molecule has 3 heterocycles. The minimum Gasteiger partial charge on any atom is -0.369 e. The molecule has 3 aromatic heterocycles. The second-order valence-electron chi connectivity index (χ2n) is 5.08. The largest absolute Gasteiger partial charge is 0.369 e. The summed E-state index contributed by atoms with van der Waals surface area (Å²) < 4.78 is 0. The van der Waals surface area contributed by atoms with Crippen molar-refractivity contribution in [3.8, 4) is 11.4 Å². The molecule has 0 aliphatic carbocycles. The molecule has 21 heavy (non-hydrogen) atoms. The van der Waals surface area contributed by atoms with E-state index in [0.29, 0.717) is 0 Å². The van der Waals surface area contributed by atoms with Gasteiger partial charge in [-0.1, -0.05) is 13.8 Å². The third kappa shape index (κ3) is 2.80. The van der Waals surface area contributed by atoms with Crippen molar-refractivity contribution in [3.05, 3.63) is 27.3 Å². The average Bonchev–Trinajstić information content (AvgIpc) is 3.09. The average molecular weight is 317 g/mol. The Morgan fingerprint density at radius 2 is 2.05 bits per heavy atom. The Hall–Kier alpha value is -1.46. The molecule has 0 unspecified atom stereocenters. The smallest absolute Gasteiger partial charge is 0.164 e. The van der Waals surface area contributed by atoms with E-state index in [1.54, 1.807) is 22.7 Å². The molecule has 0 amide bonds. The van der Waals surface area contributed by atoms with Crippen molar-refractivity contribution < 1.29 is 0 Å². The van der Waals surface area contributed by atoms with E-state index < -0.39 is 0 Å². The van der Waals surface area contributed by atoms with Crippen LogP contribution in [0.4, 0.5) is 5.82 Å². The van der Waals surface area contributed by atoms with Crippen LogP contribution in [0, 0.1) is 6.92 Å². The number of fused-ring (bicyclic) bond motifs is 1. The van der Waals surface area contributed by atoms with Crippen molar-refractivity contribution in [1.82, 2.24) is 9.97 Å². The van der Waals surface area contributed by atoms with E-state index in [9.17, 15) is 0 Å². The number of rotatable bonds is 5. The summed E-state index contributed by atoms with van der Waals surface area (Å²) in [7, 11) is 0. The Kier molecular flexibility index (Phi) is 4.22. The Labute approximate surface area is 133 Å². The number of aryl methyl sites for hydroxylation is 2. The molecule has 3 rings (SSSR count). The van der Waals surface area contributed by atoms with Crippen LogP contribution in [0.3, 0.4) is 0 Å². The van der Waals surface area contributed by atoms with Gasteiger partial charge in [0.05, 0.1) is 5.39 Å². The molecule has 0 aromatic carbocycles. The van der Waals surface area contributed by atoms with Gasteiger partial charge in [-0.05, 0) is 36.8 Å². The van der Waals surface area contributed by atoms with Crippen molar-refractivity contribution in [3.63, 3.8) is 0 Å². The molecule has 0 bridgehead atoms. The quantitative estimate of drug-likeness (QED) is 0.710. The van der Waals surface area contributed by atoms with Crippen LogP contribution in [0.25, 0.3) is 21.6 Å². The molecule has 0 aliphatic heterocycles. The number of nitrogens with zero attached hydrogens (tertiary/aromatic N) is 2. The SMILES string of the molecule is CCCNc1nc(-c2cscc2C)nc2sc(CC)cc12. The normalized spacial score (nSPS) is 11.2. The highest BCUT2D eigenvalue weighted by Gasteiger charge is 2.14. The van der Waals surface area contributed by atoms with Gasteiger partial charge in [0, 0.05) is 22.4 Å². The zero-order valence-electron chi connectivity index (χ0n) is 12.6. The molecule has 110 valence electrons. The standard InChI is InChI=1S/C16H19N3S2/c1-4-6-17-14-12-7-11(5-2)21-16(12)19-15(18-14)13-9-20-8-10(13)3/h7-9H,4-6H2,1-3H3,(H,17,18,19). The van der Waals surface area contributed by atoms with Crippen molar-refractivity contribution in [2.75, 3.05) is 11.9 Å². The molecule has 3 aromatic rings. The van der Waals surface area contributed by atoms with Crippen molar-refractivity contribution >= 4 is 38.7 Å². The van der Waals surface area contributed by atoms with Gasteiger partial charge in [0.1, 0.15) is 10.6 Å². The third-order valence-electron chi connectivity index (χ3n) is 3.43. The Balaban J connectivity index is 2.16. The maximum absolute atomic E-state index is 4.79. The molecule has 5 heteroatoms. The number of nitrogens with one attached hydrogen (secondary N) is 1. The lowest BCUT2D eigenvalue weighted by Crippen LogP contribution is -2.04. The van der Waals surface area contributed by atoms with Crippen LogP contribution in [0.15, 0.2) is 16.8 Å². The van der Waals surface area contributed by atoms with Crippen molar-refractivity contribution in [2.45, 2.75) is 33.6 Å². The fraction of sp³-hybridized carbons (Fsp3) is 0.375. The molecular formula is C16H19N3S2. The van der Waals surface area contributed by atoms with Crippen LogP contribution >= 0.6 is 22.7 Å². The van der Waals surface area contributed by atoms with Crippen LogP contribution in [-0.2, 0) is 6.42 Å². The molecule has 0 fully saturated rings. The first-order chi connectivity index (χ1) is 10.2. The predicted octanol–water partition coefficient (Wildman–Crippen LogP) is 5.11. The molecule has 3 nitrogen and oxygen atoms in total. The monoisotopic (exact) mass is 317 g/mol. The van der Waals surface area contributed by atoms with Crippen LogP contribution < -0.4 is 5.32 Å². The first-order valence-corrected chi connectivity index (χ1v) is 9.06. The Bertz CT molecular complexity index is 758. The highest BCUT2D eigenvalue weighted by atomic mass is 32.1. The minimum absolute atomic E-state index is 0.837. The number of aromatic nitrogens is 2. The molecule has 0 spiro atoms. The molecule has 0 saturated heterocycles. The van der Waals surface area contributed by atoms with E-state index >= 15 is 0 Å². The fourth-order valence-electron chi connectivity index (χ4n) is 2.23. The second kappa shape index (κ2) is 6.12. The summed E-state index contributed by atoms with van der Waals surface area (Å²) in [5, 5.41) is 8.89. The zero-order chi connectivity index (χ0) is 14.8. The molecular weight excluding hydrogens is 298 g/mol. The summed E-state index contributed by atoms with van der Waals surface area (Å²) >= 11 is 3.48. The Morgan fingerprint density at radius 1 is 1.19 bits per heavy atom. The van der Waals surface area contributed by atoms with E-state index in [1.807, 2.05) is 0 Å². The summed E-state index contributed by atoms with van der Waals surface area (Å²) in [5.74, 6) is 1.81. The topological polar surface area (TPSA) is 37.8 Å². The second-order valence-corrected chi connectivity index (χ2v) is 6.93. The molecule has 0 radical (unpaired) electrons. The van der Waals surface area contributed by atoms with Gasteiger partial charge in [-0.2, -0.15) is 11.3 Å². The lowest BCUT2D eigenvalue weighted by atomic mass is 10.2. The fourth-order valence-corrected chi connectivity index (χ4v) is 4.03. The van der Waals surface area contributed by atoms with Crippen molar-refractivity contribution in [2.24, 2.45) is 0 Å². The molecule has 1 N–H and O–H groups in total. The summed E-state index contributed by atoms with van der Waals surface area (Å²) in [6, 6.07) is 2.22. The number of hydrogen-bond acceptors (Lipinski definition) is 5. The van der Waals surface area contributed by atoms with E-state index in [4.69, 9.17) is 9.97 Å². The van der Waals surface area contributed by atoms with Crippen LogP contribution in [0.1, 0.15) is 30.7 Å². The number of thiophene rings is 2. The minimum atomic E-state index is 0.837. The van der Waals surface area contributed by atoms with Gasteiger partial charge < -0.3 is 5.32 Å². The predicted molar refractivity (Wildman–Crippen MR) is 93.6 cm³/mol. The van der Waals surface area contributed by atoms with E-state index in [2.05, 4.69) is 42.9 Å². The van der Waals surface area contributed by atoms with Crippen LogP contribution in [0.2, 0.25) is 0 Å². The summed E-state index contributed by atoms with van der Waals surface area (Å²) in [6.45, 7) is 7.40. The first kappa shape index (κ1) is 14.5. The van der Waals surface area contributed by atoms with Crippen LogP contribution in [0.5, 0.6) is 0 Å². The first-order valence-electron chi connectivity index (χ1n) is 7.30. The van der Waals surface area contributed by atoms with Gasteiger partial charge in [0.2, 0.25) is 0 Å². The van der Waals surface area contributed by atoms with Crippen molar-refractivity contribution in [1.29, 1.82) is 0 Å². The number of anilines is 1.